The lowest BCUT2D eigenvalue weighted by molar-refractivity contribution is -0.129. The predicted octanol–water partition coefficient (Wildman–Crippen LogP) is 0.805. The van der Waals surface area contributed by atoms with Crippen molar-refractivity contribution in [3.05, 3.63) is 16.4 Å². The van der Waals surface area contributed by atoms with Crippen LogP contribution in [-0.4, -0.2) is 56.0 Å². The Hall–Kier alpha value is -2.29. The van der Waals surface area contributed by atoms with Crippen LogP contribution in [0.25, 0.3) is 10.6 Å². The van der Waals surface area contributed by atoms with Crippen LogP contribution in [0, 0.1) is 13.8 Å². The van der Waals surface area contributed by atoms with Crippen molar-refractivity contribution < 1.29 is 14.7 Å². The van der Waals surface area contributed by atoms with Crippen molar-refractivity contribution in [3.63, 3.8) is 0 Å². The van der Waals surface area contributed by atoms with Crippen molar-refractivity contribution in [1.29, 1.82) is 0 Å². The van der Waals surface area contributed by atoms with Gasteiger partial charge in [0.2, 0.25) is 5.91 Å². The number of hydrogen-bond acceptors (Lipinski definition) is 6. The summed E-state index contributed by atoms with van der Waals surface area (Å²) in [4.78, 5) is 29.5. The molecule has 8 nitrogen and oxygen atoms in total. The normalized spacial score (nSPS) is 10.7. The zero-order valence-corrected chi connectivity index (χ0v) is 12.9. The average molecular weight is 309 g/mol. The second-order valence-electron chi connectivity index (χ2n) is 4.69. The third-order valence-corrected chi connectivity index (χ3v) is 3.92. The number of rotatable bonds is 4. The van der Waals surface area contributed by atoms with Crippen LogP contribution in [0.2, 0.25) is 0 Å². The third kappa shape index (κ3) is 2.92. The van der Waals surface area contributed by atoms with Gasteiger partial charge in [-0.25, -0.2) is 14.5 Å². The van der Waals surface area contributed by atoms with Crippen LogP contribution in [0.3, 0.4) is 0 Å². The Kier molecular flexibility index (Phi) is 4.03. The van der Waals surface area contributed by atoms with Crippen LogP contribution in [0.5, 0.6) is 0 Å². The zero-order valence-electron chi connectivity index (χ0n) is 12.1. The smallest absolute Gasteiger partial charge is 0.358 e. The first-order valence-electron chi connectivity index (χ1n) is 6.12. The summed E-state index contributed by atoms with van der Waals surface area (Å²) >= 11 is 1.35. The van der Waals surface area contributed by atoms with Gasteiger partial charge in [0.1, 0.15) is 12.2 Å². The lowest BCUT2D eigenvalue weighted by Crippen LogP contribution is -2.27. The van der Waals surface area contributed by atoms with E-state index in [4.69, 9.17) is 0 Å². The lowest BCUT2D eigenvalue weighted by atomic mass is 10.2. The molecule has 1 amide bonds. The zero-order chi connectivity index (χ0) is 15.7. The molecular weight excluding hydrogens is 294 g/mol. The second kappa shape index (κ2) is 5.60. The fourth-order valence-electron chi connectivity index (χ4n) is 1.81. The van der Waals surface area contributed by atoms with Gasteiger partial charge in [-0.2, -0.15) is 0 Å². The van der Waals surface area contributed by atoms with Crippen molar-refractivity contribution in [2.75, 3.05) is 14.1 Å². The largest absolute Gasteiger partial charge is 0.476 e. The maximum absolute atomic E-state index is 11.8. The van der Waals surface area contributed by atoms with Crippen molar-refractivity contribution in [1.82, 2.24) is 24.9 Å². The molecule has 0 aliphatic heterocycles. The molecule has 2 aromatic rings. The Labute approximate surface area is 125 Å². The van der Waals surface area contributed by atoms with Crippen LogP contribution in [-0.2, 0) is 11.3 Å². The summed E-state index contributed by atoms with van der Waals surface area (Å²) < 4.78 is 1.31. The van der Waals surface area contributed by atoms with Crippen LogP contribution < -0.4 is 0 Å². The molecule has 0 bridgehead atoms. The van der Waals surface area contributed by atoms with Crippen LogP contribution in [0.1, 0.15) is 21.2 Å². The molecule has 0 saturated heterocycles. The Morgan fingerprint density at radius 1 is 1.33 bits per heavy atom. The molecule has 0 aromatic carbocycles. The van der Waals surface area contributed by atoms with E-state index in [0.29, 0.717) is 16.3 Å². The summed E-state index contributed by atoms with van der Waals surface area (Å²) in [6.45, 7) is 3.55. The molecule has 112 valence electrons. The number of carboxylic acids is 1. The van der Waals surface area contributed by atoms with E-state index < -0.39 is 5.97 Å². The average Bonchev–Trinajstić information content (AvgIpc) is 2.92. The van der Waals surface area contributed by atoms with Gasteiger partial charge in [0.05, 0.1) is 15.6 Å². The summed E-state index contributed by atoms with van der Waals surface area (Å²) in [6.07, 6.45) is 0. The lowest BCUT2D eigenvalue weighted by Gasteiger charge is -2.11. The highest BCUT2D eigenvalue weighted by Crippen LogP contribution is 2.31. The molecule has 0 fully saturated rings. The summed E-state index contributed by atoms with van der Waals surface area (Å²) in [7, 11) is 3.25. The monoisotopic (exact) mass is 309 g/mol. The molecule has 0 aliphatic rings. The van der Waals surface area contributed by atoms with E-state index in [0.717, 1.165) is 5.01 Å². The van der Waals surface area contributed by atoms with Gasteiger partial charge < -0.3 is 10.0 Å². The van der Waals surface area contributed by atoms with E-state index in [9.17, 15) is 14.7 Å². The van der Waals surface area contributed by atoms with Gasteiger partial charge in [-0.05, 0) is 13.8 Å². The molecule has 2 aromatic heterocycles. The maximum Gasteiger partial charge on any atom is 0.358 e. The number of nitrogens with zero attached hydrogens (tertiary/aromatic N) is 5. The summed E-state index contributed by atoms with van der Waals surface area (Å²) in [5, 5.41) is 17.5. The molecule has 0 saturated carbocycles. The molecule has 0 spiro atoms. The van der Waals surface area contributed by atoms with Crippen LogP contribution in [0.4, 0.5) is 0 Å². The summed E-state index contributed by atoms with van der Waals surface area (Å²) in [5.74, 6) is -1.38. The van der Waals surface area contributed by atoms with Gasteiger partial charge in [0.15, 0.2) is 5.69 Å². The molecule has 2 heterocycles. The highest BCUT2D eigenvalue weighted by Gasteiger charge is 2.25. The number of carbonyl (C=O) groups excluding carboxylic acids is 1. The summed E-state index contributed by atoms with van der Waals surface area (Å²) in [6, 6.07) is 0. The topological polar surface area (TPSA) is 101 Å². The Balaban J connectivity index is 2.55. The molecule has 0 radical (unpaired) electrons. The number of aromatic nitrogens is 4. The molecule has 0 unspecified atom stereocenters. The molecule has 9 heteroatoms. The van der Waals surface area contributed by atoms with E-state index in [1.54, 1.807) is 21.0 Å². The SMILES string of the molecule is Cc1nc(C)c(-c2c(C(=O)O)nnn2CC(=O)N(C)C)s1. The van der Waals surface area contributed by atoms with E-state index in [2.05, 4.69) is 15.3 Å². The van der Waals surface area contributed by atoms with Gasteiger partial charge in [-0.1, -0.05) is 5.21 Å². The number of aryl methyl sites for hydroxylation is 2. The Morgan fingerprint density at radius 3 is 2.48 bits per heavy atom. The number of amides is 1. The van der Waals surface area contributed by atoms with Crippen molar-refractivity contribution >= 4 is 23.2 Å². The minimum atomic E-state index is -1.18. The first kappa shape index (κ1) is 15.1. The van der Waals surface area contributed by atoms with Crippen LogP contribution in [0.15, 0.2) is 0 Å². The van der Waals surface area contributed by atoms with Gasteiger partial charge in [-0.15, -0.1) is 16.4 Å². The maximum atomic E-state index is 11.8. The number of thiazole rings is 1. The second-order valence-corrected chi connectivity index (χ2v) is 5.89. The molecule has 2 rings (SSSR count). The van der Waals surface area contributed by atoms with E-state index >= 15 is 0 Å². The van der Waals surface area contributed by atoms with Gasteiger partial charge in [0, 0.05) is 14.1 Å². The van der Waals surface area contributed by atoms with Gasteiger partial charge in [0.25, 0.3) is 0 Å². The molecule has 0 aliphatic carbocycles. The minimum Gasteiger partial charge on any atom is -0.476 e. The Morgan fingerprint density at radius 2 is 2.00 bits per heavy atom. The number of carboxylic acid groups (broad SMARTS) is 1. The highest BCUT2D eigenvalue weighted by atomic mass is 32.1. The molecule has 0 atom stereocenters. The van der Waals surface area contributed by atoms with E-state index in [1.165, 1.54) is 20.9 Å². The van der Waals surface area contributed by atoms with E-state index in [-0.39, 0.29) is 18.1 Å². The van der Waals surface area contributed by atoms with E-state index in [1.807, 2.05) is 6.92 Å². The van der Waals surface area contributed by atoms with Crippen LogP contribution >= 0.6 is 11.3 Å². The number of likely N-dealkylation sites (N-methyl/N-ethyl adjacent to an activating group) is 1. The molecule has 1 N–H and O–H groups in total. The van der Waals surface area contributed by atoms with Crippen molar-refractivity contribution in [3.8, 4) is 10.6 Å². The molecule has 21 heavy (non-hydrogen) atoms. The molecular formula is C12H15N5O3S. The van der Waals surface area contributed by atoms with Crippen molar-refractivity contribution in [2.45, 2.75) is 20.4 Å². The first-order valence-corrected chi connectivity index (χ1v) is 6.94. The first-order chi connectivity index (χ1) is 9.81. The Bertz CT molecular complexity index is 704. The fraction of sp³-hybridized carbons (Fsp3) is 0.417. The quantitative estimate of drug-likeness (QED) is 0.896. The fourth-order valence-corrected chi connectivity index (χ4v) is 2.78. The predicted molar refractivity (Wildman–Crippen MR) is 76.3 cm³/mol. The van der Waals surface area contributed by atoms with Gasteiger partial charge in [-0.3, -0.25) is 4.79 Å². The third-order valence-electron chi connectivity index (χ3n) is 2.84. The standard InChI is InChI=1S/C12H15N5O3S/c1-6-11(21-7(2)13-6)10-9(12(19)20)14-15-17(10)5-8(18)16(3)4/h5H2,1-4H3,(H,19,20). The van der Waals surface area contributed by atoms with Crippen molar-refractivity contribution in [2.24, 2.45) is 0 Å². The summed E-state index contributed by atoms with van der Waals surface area (Å²) in [5.41, 5.74) is 0.843. The number of hydrogen-bond donors (Lipinski definition) is 1. The van der Waals surface area contributed by atoms with Gasteiger partial charge >= 0.3 is 5.97 Å². The number of carbonyl (C=O) groups is 2. The highest BCUT2D eigenvalue weighted by molar-refractivity contribution is 7.15. The number of aromatic carboxylic acids is 1. The minimum absolute atomic E-state index is 0.0704.